The highest BCUT2D eigenvalue weighted by atomic mass is 16.5. The molecule has 2 aromatic heterocycles. The van der Waals surface area contributed by atoms with Gasteiger partial charge in [0.1, 0.15) is 12.0 Å². The highest BCUT2D eigenvalue weighted by Crippen LogP contribution is 2.19. The third kappa shape index (κ3) is 1.24. The summed E-state index contributed by atoms with van der Waals surface area (Å²) in [5, 5.41) is 12.0. The Morgan fingerprint density at radius 2 is 2.14 bits per heavy atom. The van der Waals surface area contributed by atoms with E-state index in [0.29, 0.717) is 5.88 Å². The summed E-state index contributed by atoms with van der Waals surface area (Å²) >= 11 is 0. The average Bonchev–Trinajstić information content (AvgIpc) is 2.71. The zero-order valence-corrected chi connectivity index (χ0v) is 8.30. The van der Waals surface area contributed by atoms with E-state index in [2.05, 4.69) is 15.3 Å². The molecule has 0 aliphatic rings. The molecule has 0 N–H and O–H groups in total. The van der Waals surface area contributed by atoms with Crippen molar-refractivity contribution < 1.29 is 4.74 Å². The topological polar surface area (TPSA) is 57.8 Å². The Bertz CT molecular complexity index is 444. The summed E-state index contributed by atoms with van der Waals surface area (Å²) in [7, 11) is 5.30. The Morgan fingerprint density at radius 1 is 1.36 bits per heavy atom. The van der Waals surface area contributed by atoms with Gasteiger partial charge in [-0.3, -0.25) is 0 Å². The second-order valence-electron chi connectivity index (χ2n) is 2.96. The number of hydrogen-bond acceptors (Lipinski definition) is 4. The van der Waals surface area contributed by atoms with Gasteiger partial charge in [0, 0.05) is 20.2 Å². The van der Waals surface area contributed by atoms with Crippen molar-refractivity contribution >= 4 is 0 Å². The van der Waals surface area contributed by atoms with E-state index in [1.54, 1.807) is 18.1 Å². The van der Waals surface area contributed by atoms with E-state index < -0.39 is 0 Å². The van der Waals surface area contributed by atoms with Crippen LogP contribution in [-0.2, 0) is 14.1 Å². The largest absolute Gasteiger partial charge is 0.481 e. The molecule has 0 saturated heterocycles. The molecule has 2 aromatic rings. The van der Waals surface area contributed by atoms with Crippen molar-refractivity contribution in [2.45, 2.75) is 0 Å². The van der Waals surface area contributed by atoms with Crippen LogP contribution >= 0.6 is 0 Å². The number of hydrogen-bond donors (Lipinski definition) is 0. The van der Waals surface area contributed by atoms with E-state index in [-0.39, 0.29) is 0 Å². The lowest BCUT2D eigenvalue weighted by molar-refractivity contribution is 0.373. The fraction of sp³-hybridized carbons (Fsp3) is 0.375. The first-order chi connectivity index (χ1) is 6.72. The van der Waals surface area contributed by atoms with Gasteiger partial charge in [0.15, 0.2) is 5.82 Å². The van der Waals surface area contributed by atoms with E-state index in [0.717, 1.165) is 11.5 Å². The normalized spacial score (nSPS) is 10.5. The van der Waals surface area contributed by atoms with Crippen LogP contribution in [0.25, 0.3) is 11.5 Å². The Labute approximate surface area is 81.1 Å². The Morgan fingerprint density at radius 3 is 2.64 bits per heavy atom. The lowest BCUT2D eigenvalue weighted by Gasteiger charge is -1.95. The second-order valence-corrected chi connectivity index (χ2v) is 2.96. The van der Waals surface area contributed by atoms with Gasteiger partial charge in [0.25, 0.3) is 0 Å². The predicted octanol–water partition coefficient (Wildman–Crippen LogP) is 0.224. The third-order valence-electron chi connectivity index (χ3n) is 1.99. The van der Waals surface area contributed by atoms with E-state index in [4.69, 9.17) is 4.74 Å². The van der Waals surface area contributed by atoms with Crippen molar-refractivity contribution in [1.29, 1.82) is 0 Å². The average molecular weight is 193 g/mol. The molecule has 6 heteroatoms. The van der Waals surface area contributed by atoms with Crippen molar-refractivity contribution in [2.24, 2.45) is 14.1 Å². The molecule has 0 saturated carbocycles. The molecule has 0 aliphatic carbocycles. The minimum Gasteiger partial charge on any atom is -0.481 e. The van der Waals surface area contributed by atoms with Crippen LogP contribution in [0.1, 0.15) is 0 Å². The highest BCUT2D eigenvalue weighted by molar-refractivity contribution is 5.50. The smallest absolute Gasteiger partial charge is 0.211 e. The maximum atomic E-state index is 5.11. The standard InChI is InChI=1S/C8H11N5O/c1-12-5-9-10-8(12)6-4-7(14-3)13(2)11-6/h4-5H,1-3H3. The van der Waals surface area contributed by atoms with Crippen LogP contribution in [0, 0.1) is 0 Å². The van der Waals surface area contributed by atoms with Crippen LogP contribution in [0.5, 0.6) is 5.88 Å². The van der Waals surface area contributed by atoms with E-state index in [1.165, 1.54) is 0 Å². The van der Waals surface area contributed by atoms with E-state index in [9.17, 15) is 0 Å². The fourth-order valence-electron chi connectivity index (χ4n) is 1.27. The Balaban J connectivity index is 2.47. The van der Waals surface area contributed by atoms with Crippen LogP contribution in [0.2, 0.25) is 0 Å². The van der Waals surface area contributed by atoms with Crippen LogP contribution in [0.3, 0.4) is 0 Å². The molecular weight excluding hydrogens is 182 g/mol. The Kier molecular flexibility index (Phi) is 1.95. The van der Waals surface area contributed by atoms with Gasteiger partial charge in [-0.05, 0) is 0 Å². The fourth-order valence-corrected chi connectivity index (χ4v) is 1.27. The number of nitrogens with zero attached hydrogens (tertiary/aromatic N) is 5. The Hall–Kier alpha value is -1.85. The van der Waals surface area contributed by atoms with Gasteiger partial charge in [-0.2, -0.15) is 5.10 Å². The van der Waals surface area contributed by atoms with Gasteiger partial charge in [0.2, 0.25) is 5.88 Å². The highest BCUT2D eigenvalue weighted by Gasteiger charge is 2.11. The van der Waals surface area contributed by atoms with Gasteiger partial charge in [0.05, 0.1) is 7.11 Å². The molecule has 0 aromatic carbocycles. The van der Waals surface area contributed by atoms with Gasteiger partial charge in [-0.1, -0.05) is 0 Å². The summed E-state index contributed by atoms with van der Waals surface area (Å²) in [5.74, 6) is 1.42. The number of ether oxygens (including phenoxy) is 1. The van der Waals surface area contributed by atoms with Crippen molar-refractivity contribution in [3.63, 3.8) is 0 Å². The van der Waals surface area contributed by atoms with Gasteiger partial charge in [-0.15, -0.1) is 10.2 Å². The first-order valence-electron chi connectivity index (χ1n) is 4.14. The second kappa shape index (κ2) is 3.13. The molecule has 0 spiro atoms. The zero-order valence-electron chi connectivity index (χ0n) is 8.30. The molecule has 0 amide bonds. The van der Waals surface area contributed by atoms with Gasteiger partial charge in [-0.25, -0.2) is 4.68 Å². The first kappa shape index (κ1) is 8.74. The van der Waals surface area contributed by atoms with Gasteiger partial charge >= 0.3 is 0 Å². The monoisotopic (exact) mass is 193 g/mol. The molecule has 0 aliphatic heterocycles. The lowest BCUT2D eigenvalue weighted by Crippen LogP contribution is -1.96. The van der Waals surface area contributed by atoms with E-state index in [1.807, 2.05) is 24.7 Å². The maximum Gasteiger partial charge on any atom is 0.211 e. The maximum absolute atomic E-state index is 5.11. The number of methoxy groups -OCH3 is 1. The molecule has 0 atom stereocenters. The van der Waals surface area contributed by atoms with Gasteiger partial charge < -0.3 is 9.30 Å². The molecule has 0 radical (unpaired) electrons. The first-order valence-corrected chi connectivity index (χ1v) is 4.14. The molecule has 0 unspecified atom stereocenters. The lowest BCUT2D eigenvalue weighted by atomic mass is 10.4. The SMILES string of the molecule is COc1cc(-c2nncn2C)nn1C. The molecule has 2 rings (SSSR count). The quantitative estimate of drug-likeness (QED) is 0.684. The van der Waals surface area contributed by atoms with Crippen LogP contribution in [0.4, 0.5) is 0 Å². The molecule has 14 heavy (non-hydrogen) atoms. The van der Waals surface area contributed by atoms with Crippen LogP contribution < -0.4 is 4.74 Å². The summed E-state index contributed by atoms with van der Waals surface area (Å²) in [4.78, 5) is 0. The summed E-state index contributed by atoms with van der Waals surface area (Å²) in [6.07, 6.45) is 1.64. The summed E-state index contributed by atoms with van der Waals surface area (Å²) in [6, 6.07) is 1.82. The predicted molar refractivity (Wildman–Crippen MR) is 49.8 cm³/mol. The van der Waals surface area contributed by atoms with E-state index >= 15 is 0 Å². The number of rotatable bonds is 2. The zero-order chi connectivity index (χ0) is 10.1. The number of aromatic nitrogens is 5. The summed E-state index contributed by atoms with van der Waals surface area (Å²) in [5.41, 5.74) is 0.754. The molecule has 0 fully saturated rings. The molecule has 74 valence electrons. The van der Waals surface area contributed by atoms with Crippen LogP contribution in [-0.4, -0.2) is 31.7 Å². The van der Waals surface area contributed by atoms with Crippen LogP contribution in [0.15, 0.2) is 12.4 Å². The van der Waals surface area contributed by atoms with Crippen molar-refractivity contribution in [1.82, 2.24) is 24.5 Å². The van der Waals surface area contributed by atoms with Crippen molar-refractivity contribution in [2.75, 3.05) is 7.11 Å². The summed E-state index contributed by atoms with van der Waals surface area (Å²) < 4.78 is 8.57. The summed E-state index contributed by atoms with van der Waals surface area (Å²) in [6.45, 7) is 0. The number of aryl methyl sites for hydroxylation is 2. The molecule has 0 bridgehead atoms. The van der Waals surface area contributed by atoms with Crippen molar-refractivity contribution in [3.05, 3.63) is 12.4 Å². The molecule has 6 nitrogen and oxygen atoms in total. The minimum absolute atomic E-state index is 0.697. The third-order valence-corrected chi connectivity index (χ3v) is 1.99. The molecule has 2 heterocycles. The van der Waals surface area contributed by atoms with Crippen molar-refractivity contribution in [3.8, 4) is 17.4 Å². The molecular formula is C8H11N5O. The minimum atomic E-state index is 0.697.